The number of hydrogen-bond acceptors (Lipinski definition) is 1. The normalized spacial score (nSPS) is 12.9. The van der Waals surface area contributed by atoms with Crippen LogP contribution in [-0.4, -0.2) is 17.2 Å². The Balaban J connectivity index is 1.21. The van der Waals surface area contributed by atoms with Gasteiger partial charge in [0.1, 0.15) is 11.2 Å². The van der Waals surface area contributed by atoms with E-state index >= 15 is 0 Å². The van der Waals surface area contributed by atoms with Gasteiger partial charge in [0.25, 0.3) is 0 Å². The number of allylic oxidation sites excluding steroid dienone is 3. The van der Waals surface area contributed by atoms with E-state index in [2.05, 4.69) is 228 Å². The largest absolute Gasteiger partial charge is 0.455 e. The van der Waals surface area contributed by atoms with Crippen molar-refractivity contribution >= 4 is 89.5 Å². The van der Waals surface area contributed by atoms with E-state index < -0.39 is 8.07 Å². The second-order valence-electron chi connectivity index (χ2n) is 15.5. The first-order valence-electron chi connectivity index (χ1n) is 20.4. The van der Waals surface area contributed by atoms with Gasteiger partial charge in [0.05, 0.1) is 21.9 Å². The van der Waals surface area contributed by atoms with Crippen molar-refractivity contribution < 1.29 is 4.42 Å². The summed E-state index contributed by atoms with van der Waals surface area (Å²) in [5.74, 6) is 0. The van der Waals surface area contributed by atoms with Crippen molar-refractivity contribution in [3.05, 3.63) is 224 Å². The highest BCUT2D eigenvalue weighted by atomic mass is 28.3. The topological polar surface area (TPSA) is 23.0 Å². The number of hydrogen-bond donors (Lipinski definition) is 0. The molecule has 8 aromatic carbocycles. The summed E-state index contributed by atoms with van der Waals surface area (Å²) in [4.78, 5) is 0. The molecule has 0 spiro atoms. The van der Waals surface area contributed by atoms with E-state index in [4.69, 9.17) is 4.42 Å². The van der Waals surface area contributed by atoms with Gasteiger partial charge in [-0.2, -0.15) is 0 Å². The first kappa shape index (κ1) is 33.7. The molecule has 0 amide bonds. The Morgan fingerprint density at radius 1 is 0.458 bits per heavy atom. The summed E-state index contributed by atoms with van der Waals surface area (Å²) in [5, 5.41) is 11.3. The minimum absolute atomic E-state index is 0.805. The lowest BCUT2D eigenvalue weighted by Crippen LogP contribution is -2.75. The average Bonchev–Trinajstić information content (AvgIpc) is 3.89. The van der Waals surface area contributed by atoms with E-state index in [1.165, 1.54) is 53.8 Å². The van der Waals surface area contributed by atoms with E-state index in [-0.39, 0.29) is 0 Å². The van der Waals surface area contributed by atoms with Gasteiger partial charge < -0.3 is 13.6 Å². The Bertz CT molecular complexity index is 3420. The predicted molar refractivity (Wildman–Crippen MR) is 250 cm³/mol. The Hall–Kier alpha value is -7.40. The van der Waals surface area contributed by atoms with E-state index in [0.29, 0.717) is 0 Å². The summed E-state index contributed by atoms with van der Waals surface area (Å²) >= 11 is 0. The minimum atomic E-state index is -3.09. The molecule has 4 heteroatoms. The van der Waals surface area contributed by atoms with Crippen LogP contribution in [0.25, 0.3) is 72.1 Å². The van der Waals surface area contributed by atoms with E-state index in [0.717, 1.165) is 50.6 Å². The van der Waals surface area contributed by atoms with Crippen LogP contribution in [0.5, 0.6) is 0 Å². The molecule has 1 aliphatic rings. The number of benzene rings is 8. The van der Waals surface area contributed by atoms with Crippen LogP contribution in [-0.2, 0) is 6.42 Å². The third kappa shape index (κ3) is 4.94. The number of para-hydroxylation sites is 4. The van der Waals surface area contributed by atoms with Crippen LogP contribution in [0.4, 0.5) is 0 Å². The summed E-state index contributed by atoms with van der Waals surface area (Å²) < 4.78 is 11.7. The fraction of sp³-hybridized carbons (Fsp3) is 0.0182. The SMILES string of the molecule is C1=CCc2c(c3c4oc5ccccc5c4ccc3n2-c2cccc([Si](c3ccccc3)(c3ccccc3)c3cccc4c5ccccc5n(-c5ccccc5)c34)c2)C=C1. The Kier molecular flexibility index (Phi) is 7.62. The van der Waals surface area contributed by atoms with Gasteiger partial charge >= 0.3 is 0 Å². The first-order valence-corrected chi connectivity index (χ1v) is 22.4. The molecule has 0 N–H and O–H groups in total. The molecule has 0 fully saturated rings. The molecule has 0 unspecified atom stereocenters. The van der Waals surface area contributed by atoms with Gasteiger partial charge in [-0.05, 0) is 69.3 Å². The molecule has 11 aromatic rings. The molecule has 0 saturated carbocycles. The maximum absolute atomic E-state index is 6.72. The maximum Gasteiger partial charge on any atom is 0.181 e. The van der Waals surface area contributed by atoms with Crippen LogP contribution < -0.4 is 20.7 Å². The van der Waals surface area contributed by atoms with E-state index in [1.54, 1.807) is 0 Å². The maximum atomic E-state index is 6.72. The van der Waals surface area contributed by atoms with Crippen molar-refractivity contribution in [2.24, 2.45) is 0 Å². The molecule has 0 aliphatic heterocycles. The van der Waals surface area contributed by atoms with Crippen molar-refractivity contribution in [1.82, 2.24) is 9.13 Å². The Morgan fingerprint density at radius 3 is 1.90 bits per heavy atom. The molecule has 0 saturated heterocycles. The van der Waals surface area contributed by atoms with Crippen molar-refractivity contribution in [3.63, 3.8) is 0 Å². The van der Waals surface area contributed by atoms with Gasteiger partial charge in [0.2, 0.25) is 0 Å². The van der Waals surface area contributed by atoms with Crippen LogP contribution in [0.3, 0.4) is 0 Å². The van der Waals surface area contributed by atoms with Gasteiger partial charge in [-0.1, -0.05) is 170 Å². The average molecular weight is 771 g/mol. The molecule has 0 atom stereocenters. The lowest BCUT2D eigenvalue weighted by molar-refractivity contribution is 0.672. The molecule has 0 radical (unpaired) electrons. The summed E-state index contributed by atoms with van der Waals surface area (Å²) in [7, 11) is -3.09. The summed E-state index contributed by atoms with van der Waals surface area (Å²) in [6.45, 7) is 0. The zero-order valence-electron chi connectivity index (χ0n) is 32.3. The van der Waals surface area contributed by atoms with Crippen molar-refractivity contribution in [2.45, 2.75) is 6.42 Å². The molecule has 1 aliphatic carbocycles. The molecule has 12 rings (SSSR count). The highest BCUT2D eigenvalue weighted by Gasteiger charge is 2.44. The van der Waals surface area contributed by atoms with Gasteiger partial charge in [-0.25, -0.2) is 0 Å². The smallest absolute Gasteiger partial charge is 0.181 e. The fourth-order valence-corrected chi connectivity index (χ4v) is 15.1. The van der Waals surface area contributed by atoms with Gasteiger partial charge in [-0.15, -0.1) is 0 Å². The molecule has 278 valence electrons. The highest BCUT2D eigenvalue weighted by molar-refractivity contribution is 7.20. The second kappa shape index (κ2) is 13.3. The van der Waals surface area contributed by atoms with E-state index in [9.17, 15) is 0 Å². The third-order valence-electron chi connectivity index (χ3n) is 12.5. The zero-order chi connectivity index (χ0) is 38.9. The number of aromatic nitrogens is 2. The monoisotopic (exact) mass is 770 g/mol. The Labute approximate surface area is 343 Å². The molecule has 3 nitrogen and oxygen atoms in total. The lowest BCUT2D eigenvalue weighted by atomic mass is 10.1. The fourth-order valence-electron chi connectivity index (χ4n) is 10.1. The van der Waals surface area contributed by atoms with Crippen molar-refractivity contribution in [1.29, 1.82) is 0 Å². The standard InChI is InChI=1S/C55H38N2OSi/c1-5-19-38(20-6-1)57-48-32-15-13-27-43(48)45-30-18-34-52(54(45)57)59(40-22-7-2-8-23-40,41-24-9-3-10-25-41)42-26-17-21-39(37-42)56-49-31-12-4-11-29-47(49)53-50(56)36-35-46-44-28-14-16-33-51(44)58-55(46)53/h1-30,32-37H,31H2. The first-order chi connectivity index (χ1) is 29.3. The summed E-state index contributed by atoms with van der Waals surface area (Å²) in [5.41, 5.74) is 10.2. The molecule has 59 heavy (non-hydrogen) atoms. The molecule has 0 bridgehead atoms. The zero-order valence-corrected chi connectivity index (χ0v) is 33.3. The molecule has 3 heterocycles. The number of fused-ring (bicyclic) bond motifs is 10. The van der Waals surface area contributed by atoms with Crippen LogP contribution >= 0.6 is 0 Å². The van der Waals surface area contributed by atoms with Crippen LogP contribution in [0.15, 0.2) is 217 Å². The number of furan rings is 1. The quantitative estimate of drug-likeness (QED) is 0.122. The van der Waals surface area contributed by atoms with Gasteiger partial charge in [-0.3, -0.25) is 0 Å². The van der Waals surface area contributed by atoms with Crippen LogP contribution in [0, 0.1) is 0 Å². The van der Waals surface area contributed by atoms with Crippen LogP contribution in [0.2, 0.25) is 0 Å². The number of nitrogens with zero attached hydrogens (tertiary/aromatic N) is 2. The van der Waals surface area contributed by atoms with Crippen molar-refractivity contribution in [3.8, 4) is 11.4 Å². The molecular formula is C55H38N2OSi. The van der Waals surface area contributed by atoms with Crippen molar-refractivity contribution in [2.75, 3.05) is 0 Å². The van der Waals surface area contributed by atoms with E-state index in [1.807, 2.05) is 0 Å². The van der Waals surface area contributed by atoms with Crippen LogP contribution in [0.1, 0.15) is 11.3 Å². The highest BCUT2D eigenvalue weighted by Crippen LogP contribution is 2.41. The Morgan fingerprint density at radius 2 is 1.10 bits per heavy atom. The summed E-state index contributed by atoms with van der Waals surface area (Å²) in [6, 6.07) is 71.8. The predicted octanol–water partition coefficient (Wildman–Crippen LogP) is 11.1. The second-order valence-corrected chi connectivity index (χ2v) is 19.3. The lowest BCUT2D eigenvalue weighted by Gasteiger charge is -2.35. The summed E-state index contributed by atoms with van der Waals surface area (Å²) in [6.07, 6.45) is 9.68. The molecular weight excluding hydrogens is 733 g/mol. The molecule has 3 aromatic heterocycles. The third-order valence-corrected chi connectivity index (χ3v) is 17.3. The minimum Gasteiger partial charge on any atom is -0.455 e. The van der Waals surface area contributed by atoms with Gasteiger partial charge in [0, 0.05) is 50.6 Å². The van der Waals surface area contributed by atoms with Gasteiger partial charge in [0.15, 0.2) is 8.07 Å². The number of rotatable bonds is 6.